The average molecular weight is 196 g/mol. The minimum atomic E-state index is -0.996. The van der Waals surface area contributed by atoms with Crippen LogP contribution in [0.3, 0.4) is 0 Å². The lowest BCUT2D eigenvalue weighted by molar-refractivity contribution is -0.0661. The zero-order chi connectivity index (χ0) is 10.3. The van der Waals surface area contributed by atoms with E-state index in [0.29, 0.717) is 13.2 Å². The molecule has 1 aromatic rings. The average Bonchev–Trinajstić information content (AvgIpc) is 2.45. The molecule has 1 aromatic heterocycles. The number of nitrogens with zero attached hydrogens (tertiary/aromatic N) is 2. The van der Waals surface area contributed by atoms with Gasteiger partial charge in [0.05, 0.1) is 24.4 Å². The monoisotopic (exact) mass is 196 g/mol. The Morgan fingerprint density at radius 1 is 1.71 bits per heavy atom. The number of rotatable bonds is 1. The summed E-state index contributed by atoms with van der Waals surface area (Å²) >= 11 is 0. The van der Waals surface area contributed by atoms with Gasteiger partial charge < -0.3 is 9.84 Å². The molecule has 0 saturated carbocycles. The Hall–Kier alpha value is -1.36. The highest BCUT2D eigenvalue weighted by atomic mass is 16.5. The largest absolute Gasteiger partial charge is 0.476 e. The molecule has 0 saturated heterocycles. The van der Waals surface area contributed by atoms with Gasteiger partial charge in [-0.3, -0.25) is 4.68 Å². The predicted molar refractivity (Wildman–Crippen MR) is 48.1 cm³/mol. The minimum absolute atomic E-state index is 0.0845. The minimum Gasteiger partial charge on any atom is -0.476 e. The molecule has 1 aliphatic heterocycles. The number of ether oxygens (including phenoxy) is 1. The molecule has 0 amide bonds. The molecule has 0 aliphatic carbocycles. The third kappa shape index (κ3) is 1.50. The lowest BCUT2D eigenvalue weighted by Crippen LogP contribution is -2.36. The first-order chi connectivity index (χ1) is 6.48. The number of aromatic carboxylic acids is 1. The van der Waals surface area contributed by atoms with Gasteiger partial charge in [0.2, 0.25) is 0 Å². The van der Waals surface area contributed by atoms with E-state index in [2.05, 4.69) is 5.10 Å². The van der Waals surface area contributed by atoms with Crippen LogP contribution in [-0.4, -0.2) is 26.5 Å². The Balaban J connectivity index is 2.34. The summed E-state index contributed by atoms with van der Waals surface area (Å²) < 4.78 is 7.23. The smallest absolute Gasteiger partial charge is 0.356 e. The Bertz CT molecular complexity index is 381. The van der Waals surface area contributed by atoms with Crippen molar-refractivity contribution < 1.29 is 14.6 Å². The molecule has 0 spiro atoms. The summed E-state index contributed by atoms with van der Waals surface area (Å²) in [7, 11) is 0. The maximum Gasteiger partial charge on any atom is 0.356 e. The number of carbonyl (C=O) groups is 1. The lowest BCUT2D eigenvalue weighted by Gasteiger charge is -2.30. The van der Waals surface area contributed by atoms with Gasteiger partial charge >= 0.3 is 5.97 Å². The molecule has 2 rings (SSSR count). The van der Waals surface area contributed by atoms with E-state index in [9.17, 15) is 4.79 Å². The second-order valence-electron chi connectivity index (χ2n) is 4.03. The molecule has 1 aliphatic rings. The van der Waals surface area contributed by atoms with Crippen molar-refractivity contribution in [2.45, 2.75) is 32.6 Å². The van der Waals surface area contributed by atoms with Gasteiger partial charge in [0.25, 0.3) is 0 Å². The zero-order valence-corrected chi connectivity index (χ0v) is 8.15. The fraction of sp³-hybridized carbons (Fsp3) is 0.556. The predicted octanol–water partition coefficient (Wildman–Crippen LogP) is 0.890. The van der Waals surface area contributed by atoms with Gasteiger partial charge in [-0.05, 0) is 19.9 Å². The zero-order valence-electron chi connectivity index (χ0n) is 8.15. The van der Waals surface area contributed by atoms with Crippen LogP contribution < -0.4 is 0 Å². The van der Waals surface area contributed by atoms with Gasteiger partial charge in [-0.1, -0.05) is 0 Å². The lowest BCUT2D eigenvalue weighted by atomic mass is 10.1. The SMILES string of the molecule is CC1(C)Cn2nc(C(=O)O)cc2CO1. The number of fused-ring (bicyclic) bond motifs is 1. The number of aromatic nitrogens is 2. The van der Waals surface area contributed by atoms with Crippen LogP contribution in [0.1, 0.15) is 30.0 Å². The number of carboxylic acids is 1. The maximum absolute atomic E-state index is 10.7. The van der Waals surface area contributed by atoms with E-state index in [4.69, 9.17) is 9.84 Å². The summed E-state index contributed by atoms with van der Waals surface area (Å²) in [5, 5.41) is 12.7. The number of hydrogen-bond acceptors (Lipinski definition) is 3. The molecule has 76 valence electrons. The van der Waals surface area contributed by atoms with Crippen LogP contribution in [0.5, 0.6) is 0 Å². The van der Waals surface area contributed by atoms with Crippen molar-refractivity contribution in [2.75, 3.05) is 0 Å². The maximum atomic E-state index is 10.7. The molecule has 0 fully saturated rings. The van der Waals surface area contributed by atoms with E-state index in [1.807, 2.05) is 13.8 Å². The number of carboxylic acid groups (broad SMARTS) is 1. The van der Waals surface area contributed by atoms with Crippen molar-refractivity contribution in [1.82, 2.24) is 9.78 Å². The molecule has 0 atom stereocenters. The molecule has 14 heavy (non-hydrogen) atoms. The summed E-state index contributed by atoms with van der Waals surface area (Å²) in [4.78, 5) is 10.7. The summed E-state index contributed by atoms with van der Waals surface area (Å²) in [5.74, 6) is -0.996. The van der Waals surface area contributed by atoms with Crippen molar-refractivity contribution in [2.24, 2.45) is 0 Å². The fourth-order valence-corrected chi connectivity index (χ4v) is 1.49. The normalized spacial score (nSPS) is 19.0. The molecular formula is C9H12N2O3. The van der Waals surface area contributed by atoms with Crippen LogP contribution in [0.15, 0.2) is 6.07 Å². The first-order valence-corrected chi connectivity index (χ1v) is 4.42. The van der Waals surface area contributed by atoms with E-state index < -0.39 is 5.97 Å². The van der Waals surface area contributed by atoms with E-state index in [-0.39, 0.29) is 11.3 Å². The van der Waals surface area contributed by atoms with E-state index in [1.54, 1.807) is 10.7 Å². The molecule has 0 bridgehead atoms. The van der Waals surface area contributed by atoms with Gasteiger partial charge in [0.1, 0.15) is 0 Å². The van der Waals surface area contributed by atoms with Crippen molar-refractivity contribution in [3.63, 3.8) is 0 Å². The molecule has 5 heteroatoms. The fourth-order valence-electron chi connectivity index (χ4n) is 1.49. The van der Waals surface area contributed by atoms with Crippen LogP contribution in [-0.2, 0) is 17.9 Å². The summed E-state index contributed by atoms with van der Waals surface area (Å²) in [6.45, 7) is 4.93. The van der Waals surface area contributed by atoms with Gasteiger partial charge in [0.15, 0.2) is 5.69 Å². The molecule has 0 radical (unpaired) electrons. The third-order valence-corrected chi connectivity index (χ3v) is 2.22. The molecule has 0 aromatic carbocycles. The van der Waals surface area contributed by atoms with Gasteiger partial charge in [-0.25, -0.2) is 4.79 Å². The summed E-state index contributed by atoms with van der Waals surface area (Å²) in [6, 6.07) is 1.55. The molecule has 5 nitrogen and oxygen atoms in total. The first-order valence-electron chi connectivity index (χ1n) is 4.42. The van der Waals surface area contributed by atoms with Crippen molar-refractivity contribution >= 4 is 5.97 Å². The molecular weight excluding hydrogens is 184 g/mol. The quantitative estimate of drug-likeness (QED) is 0.724. The Morgan fingerprint density at radius 3 is 3.07 bits per heavy atom. The van der Waals surface area contributed by atoms with Crippen molar-refractivity contribution in [1.29, 1.82) is 0 Å². The standard InChI is InChI=1S/C9H12N2O3/c1-9(2)5-11-6(4-14-9)3-7(10-11)8(12)13/h3H,4-5H2,1-2H3,(H,12,13). The van der Waals surface area contributed by atoms with Gasteiger partial charge in [0, 0.05) is 0 Å². The van der Waals surface area contributed by atoms with Crippen molar-refractivity contribution in [3.05, 3.63) is 17.5 Å². The summed E-state index contributed by atoms with van der Waals surface area (Å²) in [5.41, 5.74) is 0.637. The topological polar surface area (TPSA) is 64.4 Å². The second kappa shape index (κ2) is 2.81. The first kappa shape index (κ1) is 9.21. The third-order valence-electron chi connectivity index (χ3n) is 2.22. The Labute approximate surface area is 81.3 Å². The van der Waals surface area contributed by atoms with Crippen molar-refractivity contribution in [3.8, 4) is 0 Å². The van der Waals surface area contributed by atoms with Gasteiger partial charge in [-0.2, -0.15) is 5.10 Å². The van der Waals surface area contributed by atoms with Crippen LogP contribution in [0.25, 0.3) is 0 Å². The highest BCUT2D eigenvalue weighted by Crippen LogP contribution is 2.22. The molecule has 0 unspecified atom stereocenters. The Kier molecular flexibility index (Phi) is 1.85. The van der Waals surface area contributed by atoms with E-state index in [1.165, 1.54) is 0 Å². The van der Waals surface area contributed by atoms with Crippen LogP contribution in [0.2, 0.25) is 0 Å². The van der Waals surface area contributed by atoms with Gasteiger partial charge in [-0.15, -0.1) is 0 Å². The molecule has 1 N–H and O–H groups in total. The summed E-state index contributed by atoms with van der Waals surface area (Å²) in [6.07, 6.45) is 0. The molecule has 2 heterocycles. The van der Waals surface area contributed by atoms with Crippen LogP contribution >= 0.6 is 0 Å². The second-order valence-corrected chi connectivity index (χ2v) is 4.03. The number of hydrogen-bond donors (Lipinski definition) is 1. The van der Waals surface area contributed by atoms with Crippen LogP contribution in [0, 0.1) is 0 Å². The van der Waals surface area contributed by atoms with E-state index >= 15 is 0 Å². The van der Waals surface area contributed by atoms with Crippen LogP contribution in [0.4, 0.5) is 0 Å². The highest BCUT2D eigenvalue weighted by molar-refractivity contribution is 5.85. The Morgan fingerprint density at radius 2 is 2.43 bits per heavy atom. The van der Waals surface area contributed by atoms with E-state index in [0.717, 1.165) is 5.69 Å². The highest BCUT2D eigenvalue weighted by Gasteiger charge is 2.27.